The van der Waals surface area contributed by atoms with Crippen molar-refractivity contribution in [1.82, 2.24) is 14.6 Å². The molecule has 3 aromatic rings. The summed E-state index contributed by atoms with van der Waals surface area (Å²) in [5, 5.41) is 13.9. The van der Waals surface area contributed by atoms with Crippen LogP contribution in [0.5, 0.6) is 0 Å². The van der Waals surface area contributed by atoms with Crippen LogP contribution in [-0.2, 0) is 0 Å². The van der Waals surface area contributed by atoms with E-state index in [4.69, 9.17) is 17.3 Å². The van der Waals surface area contributed by atoms with Crippen LogP contribution < -0.4 is 5.73 Å². The van der Waals surface area contributed by atoms with E-state index in [9.17, 15) is 9.90 Å². The third-order valence-corrected chi connectivity index (χ3v) is 3.67. The summed E-state index contributed by atoms with van der Waals surface area (Å²) in [4.78, 5) is 15.3. The number of halogens is 1. The molecule has 0 saturated heterocycles. The van der Waals surface area contributed by atoms with E-state index in [-0.39, 0.29) is 17.2 Å². The van der Waals surface area contributed by atoms with E-state index in [1.807, 2.05) is 19.1 Å². The molecule has 0 atom stereocenters. The third kappa shape index (κ3) is 2.19. The van der Waals surface area contributed by atoms with Gasteiger partial charge in [-0.3, -0.25) is 0 Å². The van der Waals surface area contributed by atoms with Crippen molar-refractivity contribution in [2.45, 2.75) is 6.92 Å². The van der Waals surface area contributed by atoms with Crippen LogP contribution >= 0.6 is 11.6 Å². The summed E-state index contributed by atoms with van der Waals surface area (Å²) in [5.41, 5.74) is 8.18. The Morgan fingerprint density at radius 3 is 2.90 bits per heavy atom. The van der Waals surface area contributed by atoms with Gasteiger partial charge in [-0.2, -0.15) is 4.98 Å². The van der Waals surface area contributed by atoms with Gasteiger partial charge in [0, 0.05) is 16.8 Å². The molecule has 0 unspecified atom stereocenters. The van der Waals surface area contributed by atoms with Crippen molar-refractivity contribution in [2.24, 2.45) is 0 Å². The molecule has 1 aromatic carbocycles. The molecule has 3 N–H and O–H groups in total. The second-order valence-corrected chi connectivity index (χ2v) is 5.01. The van der Waals surface area contributed by atoms with Gasteiger partial charge in [-0.25, -0.2) is 9.31 Å². The Bertz CT molecular complexity index is 873. The van der Waals surface area contributed by atoms with Crippen LogP contribution in [0.4, 0.5) is 5.95 Å². The molecule has 2 aromatic heterocycles. The number of rotatable bonds is 2. The van der Waals surface area contributed by atoms with Gasteiger partial charge in [-0.1, -0.05) is 23.7 Å². The largest absolute Gasteiger partial charge is 0.478 e. The number of carboxylic acid groups (broad SMARTS) is 1. The van der Waals surface area contributed by atoms with Gasteiger partial charge in [0.15, 0.2) is 5.65 Å². The van der Waals surface area contributed by atoms with E-state index in [1.54, 1.807) is 18.3 Å². The Morgan fingerprint density at radius 2 is 2.19 bits per heavy atom. The number of carboxylic acids is 1. The van der Waals surface area contributed by atoms with Gasteiger partial charge >= 0.3 is 5.97 Å². The van der Waals surface area contributed by atoms with Crippen molar-refractivity contribution < 1.29 is 9.90 Å². The van der Waals surface area contributed by atoms with Gasteiger partial charge in [0.2, 0.25) is 5.95 Å². The fourth-order valence-corrected chi connectivity index (χ4v) is 2.40. The highest BCUT2D eigenvalue weighted by atomic mass is 35.5. The summed E-state index contributed by atoms with van der Waals surface area (Å²) >= 11 is 6.12. The number of nitrogens with two attached hydrogens (primary N) is 1. The first-order valence-electron chi connectivity index (χ1n) is 6.12. The van der Waals surface area contributed by atoms with Gasteiger partial charge in [0.25, 0.3) is 0 Å². The lowest BCUT2D eigenvalue weighted by Gasteiger charge is -2.09. The second-order valence-electron chi connectivity index (χ2n) is 4.60. The summed E-state index contributed by atoms with van der Waals surface area (Å²) in [5.74, 6) is -1.06. The summed E-state index contributed by atoms with van der Waals surface area (Å²) < 4.78 is 1.37. The van der Waals surface area contributed by atoms with Gasteiger partial charge in [0.1, 0.15) is 5.56 Å². The van der Waals surface area contributed by atoms with E-state index in [1.165, 1.54) is 4.52 Å². The Morgan fingerprint density at radius 1 is 1.43 bits per heavy atom. The molecule has 21 heavy (non-hydrogen) atoms. The SMILES string of the molecule is Cc1c(Cl)cccc1-c1cc(C(=O)O)c2nc(N)nn2c1. The fourth-order valence-electron chi connectivity index (χ4n) is 2.23. The van der Waals surface area contributed by atoms with Crippen molar-refractivity contribution in [3.8, 4) is 11.1 Å². The molecule has 0 bridgehead atoms. The smallest absolute Gasteiger partial charge is 0.339 e. The molecule has 106 valence electrons. The maximum Gasteiger partial charge on any atom is 0.339 e. The number of aromatic carboxylic acids is 1. The van der Waals surface area contributed by atoms with Crippen molar-refractivity contribution in [2.75, 3.05) is 5.73 Å². The van der Waals surface area contributed by atoms with Crippen molar-refractivity contribution in [3.05, 3.63) is 46.6 Å². The number of anilines is 1. The molecule has 6 nitrogen and oxygen atoms in total. The van der Waals surface area contributed by atoms with Crippen LogP contribution in [0.1, 0.15) is 15.9 Å². The molecule has 7 heteroatoms. The fraction of sp³-hybridized carbons (Fsp3) is 0.0714. The summed E-state index contributed by atoms with van der Waals surface area (Å²) in [6.45, 7) is 1.87. The normalized spacial score (nSPS) is 11.0. The number of nitrogens with zero attached hydrogens (tertiary/aromatic N) is 3. The Balaban J connectivity index is 2.33. The number of hydrogen-bond donors (Lipinski definition) is 2. The van der Waals surface area contributed by atoms with E-state index < -0.39 is 5.97 Å². The van der Waals surface area contributed by atoms with Crippen LogP contribution in [0, 0.1) is 6.92 Å². The number of aromatic nitrogens is 3. The molecule has 3 rings (SSSR count). The Labute approximate surface area is 124 Å². The lowest BCUT2D eigenvalue weighted by Crippen LogP contribution is -2.03. The zero-order valence-corrected chi connectivity index (χ0v) is 11.8. The number of pyridine rings is 1. The van der Waals surface area contributed by atoms with Crippen LogP contribution in [0.15, 0.2) is 30.5 Å². The molecule has 0 aliphatic heterocycles. The summed E-state index contributed by atoms with van der Waals surface area (Å²) in [6.07, 6.45) is 1.68. The highest BCUT2D eigenvalue weighted by molar-refractivity contribution is 6.31. The average Bonchev–Trinajstić information content (AvgIpc) is 2.80. The van der Waals surface area contributed by atoms with Crippen molar-refractivity contribution >= 4 is 29.2 Å². The van der Waals surface area contributed by atoms with Gasteiger partial charge in [0.05, 0.1) is 0 Å². The number of benzene rings is 1. The highest BCUT2D eigenvalue weighted by Crippen LogP contribution is 2.29. The molecular formula is C14H11ClN4O2. The van der Waals surface area contributed by atoms with Crippen LogP contribution in [0.3, 0.4) is 0 Å². The predicted octanol–water partition coefficient (Wildman–Crippen LogP) is 2.64. The number of nitrogen functional groups attached to an aromatic ring is 1. The third-order valence-electron chi connectivity index (χ3n) is 3.26. The van der Waals surface area contributed by atoms with Crippen LogP contribution in [0.25, 0.3) is 16.8 Å². The lowest BCUT2D eigenvalue weighted by atomic mass is 10.0. The first-order chi connectivity index (χ1) is 9.97. The first-order valence-corrected chi connectivity index (χ1v) is 6.50. The van der Waals surface area contributed by atoms with E-state index >= 15 is 0 Å². The Hall–Kier alpha value is -2.60. The molecule has 2 heterocycles. The molecule has 0 aliphatic carbocycles. The van der Waals surface area contributed by atoms with Crippen LogP contribution in [0.2, 0.25) is 5.02 Å². The monoisotopic (exact) mass is 302 g/mol. The molecule has 0 fully saturated rings. The number of carbonyl (C=O) groups is 1. The van der Waals surface area contributed by atoms with Crippen LogP contribution in [-0.4, -0.2) is 25.7 Å². The maximum atomic E-state index is 11.4. The van der Waals surface area contributed by atoms with Gasteiger partial charge < -0.3 is 10.8 Å². The van der Waals surface area contributed by atoms with Gasteiger partial charge in [-0.05, 0) is 30.2 Å². The van der Waals surface area contributed by atoms with E-state index in [0.29, 0.717) is 10.6 Å². The Kier molecular flexibility index (Phi) is 3.03. The standard InChI is InChI=1S/C14H11ClN4O2/c1-7-9(3-2-4-11(7)15)8-5-10(13(20)21)12-17-14(16)18-19(12)6-8/h2-6H,1H3,(H2,16,18)(H,20,21). The minimum atomic E-state index is -1.09. The van der Waals surface area contributed by atoms with E-state index in [0.717, 1.165) is 11.1 Å². The highest BCUT2D eigenvalue weighted by Gasteiger charge is 2.16. The summed E-state index contributed by atoms with van der Waals surface area (Å²) in [6, 6.07) is 7.01. The molecular weight excluding hydrogens is 292 g/mol. The lowest BCUT2D eigenvalue weighted by molar-refractivity contribution is 0.0698. The molecule has 0 aliphatic rings. The first kappa shape index (κ1) is 13.4. The van der Waals surface area contributed by atoms with Gasteiger partial charge in [-0.15, -0.1) is 5.10 Å². The molecule has 0 spiro atoms. The number of hydrogen-bond acceptors (Lipinski definition) is 4. The quantitative estimate of drug-likeness (QED) is 0.759. The van der Waals surface area contributed by atoms with Crippen molar-refractivity contribution in [1.29, 1.82) is 0 Å². The topological polar surface area (TPSA) is 93.5 Å². The predicted molar refractivity (Wildman–Crippen MR) is 79.5 cm³/mol. The molecule has 0 amide bonds. The zero-order chi connectivity index (χ0) is 15.1. The van der Waals surface area contributed by atoms with Crippen molar-refractivity contribution in [3.63, 3.8) is 0 Å². The second kappa shape index (κ2) is 4.75. The molecule has 0 saturated carbocycles. The average molecular weight is 303 g/mol. The minimum absolute atomic E-state index is 0.0254. The zero-order valence-electron chi connectivity index (χ0n) is 11.0. The summed E-state index contributed by atoms with van der Waals surface area (Å²) in [7, 11) is 0. The number of fused-ring (bicyclic) bond motifs is 1. The van der Waals surface area contributed by atoms with E-state index in [2.05, 4.69) is 10.1 Å². The molecule has 0 radical (unpaired) electrons. The maximum absolute atomic E-state index is 11.4. The minimum Gasteiger partial charge on any atom is -0.478 e.